The Morgan fingerprint density at radius 2 is 2.04 bits per heavy atom. The number of carbonyl (C=O) groups excluding carboxylic acids is 1. The highest BCUT2D eigenvalue weighted by Gasteiger charge is 2.35. The Kier molecular flexibility index (Phi) is 4.26. The van der Waals surface area contributed by atoms with E-state index in [1.165, 1.54) is 0 Å². The average molecular weight is 357 g/mol. The van der Waals surface area contributed by atoms with Crippen LogP contribution in [0.25, 0.3) is 0 Å². The number of carbonyl (C=O) groups is 1. The third-order valence-corrected chi connectivity index (χ3v) is 5.65. The third kappa shape index (κ3) is 3.16. The van der Waals surface area contributed by atoms with Crippen molar-refractivity contribution in [1.29, 1.82) is 0 Å². The highest BCUT2D eigenvalue weighted by Crippen LogP contribution is 2.34. The van der Waals surface area contributed by atoms with Crippen LogP contribution in [0.5, 0.6) is 0 Å². The van der Waals surface area contributed by atoms with E-state index in [1.54, 1.807) is 12.1 Å². The van der Waals surface area contributed by atoms with Crippen LogP contribution in [0.3, 0.4) is 0 Å². The van der Waals surface area contributed by atoms with Gasteiger partial charge in [0, 0.05) is 47.9 Å². The molecule has 2 aliphatic rings. The molecule has 1 fully saturated rings. The van der Waals surface area contributed by atoms with Crippen LogP contribution in [0.2, 0.25) is 5.02 Å². The second-order valence-electron chi connectivity index (χ2n) is 7.27. The Morgan fingerprint density at radius 3 is 2.84 bits per heavy atom. The summed E-state index contributed by atoms with van der Waals surface area (Å²) in [5.41, 5.74) is 2.88. The SMILES string of the molecule is Cc1cc(Cl)ccc1C(=O)CN1CC2CC(C1)c1cccc(=O)n1C2. The van der Waals surface area contributed by atoms with Gasteiger partial charge in [0.1, 0.15) is 0 Å². The molecule has 2 aliphatic heterocycles. The van der Waals surface area contributed by atoms with Crippen molar-refractivity contribution >= 4 is 17.4 Å². The molecule has 4 nitrogen and oxygen atoms in total. The number of halogens is 1. The van der Waals surface area contributed by atoms with Crippen LogP contribution in [0, 0.1) is 12.8 Å². The Morgan fingerprint density at radius 1 is 1.20 bits per heavy atom. The summed E-state index contributed by atoms with van der Waals surface area (Å²) in [6.07, 6.45) is 1.11. The molecule has 0 spiro atoms. The lowest BCUT2D eigenvalue weighted by Gasteiger charge is -2.42. The normalized spacial score (nSPS) is 22.5. The highest BCUT2D eigenvalue weighted by atomic mass is 35.5. The van der Waals surface area contributed by atoms with Crippen LogP contribution in [-0.4, -0.2) is 34.9 Å². The van der Waals surface area contributed by atoms with Gasteiger partial charge in [-0.05, 0) is 49.1 Å². The minimum absolute atomic E-state index is 0.0912. The van der Waals surface area contributed by atoms with E-state index < -0.39 is 0 Å². The molecule has 2 aromatic rings. The number of benzene rings is 1. The van der Waals surface area contributed by atoms with E-state index in [2.05, 4.69) is 11.0 Å². The fourth-order valence-electron chi connectivity index (χ4n) is 4.35. The van der Waals surface area contributed by atoms with Crippen molar-refractivity contribution in [3.8, 4) is 0 Å². The standard InChI is InChI=1S/C20H21ClN2O2/c1-13-7-16(21)5-6-17(13)19(24)12-22-9-14-8-15(11-22)18-3-2-4-20(25)23(18)10-14/h2-7,14-15H,8-12H2,1H3. The van der Waals surface area contributed by atoms with Gasteiger partial charge in [0.15, 0.2) is 5.78 Å². The number of rotatable bonds is 3. The number of piperidine rings is 1. The second-order valence-corrected chi connectivity index (χ2v) is 7.71. The second kappa shape index (κ2) is 6.43. The first kappa shape index (κ1) is 16.6. The Bertz CT molecular complexity index is 890. The number of Topliss-reactive ketones (excluding diaryl/α,β-unsaturated/α-hetero) is 1. The van der Waals surface area contributed by atoms with Crippen LogP contribution in [0.4, 0.5) is 0 Å². The van der Waals surface area contributed by atoms with Gasteiger partial charge in [-0.25, -0.2) is 0 Å². The molecule has 4 rings (SSSR count). The molecule has 0 saturated carbocycles. The number of pyridine rings is 1. The summed E-state index contributed by atoms with van der Waals surface area (Å²) in [7, 11) is 0. The maximum atomic E-state index is 12.7. The van der Waals surface area contributed by atoms with E-state index in [4.69, 9.17) is 11.6 Å². The molecule has 1 aromatic carbocycles. The summed E-state index contributed by atoms with van der Waals surface area (Å²) in [4.78, 5) is 27.1. The predicted molar refractivity (Wildman–Crippen MR) is 98.5 cm³/mol. The van der Waals surface area contributed by atoms with E-state index in [9.17, 15) is 9.59 Å². The molecule has 2 atom stereocenters. The van der Waals surface area contributed by atoms with Crippen LogP contribution in [0.15, 0.2) is 41.2 Å². The van der Waals surface area contributed by atoms with Gasteiger partial charge in [-0.15, -0.1) is 0 Å². The molecular weight excluding hydrogens is 336 g/mol. The first-order valence-electron chi connectivity index (χ1n) is 8.72. The number of likely N-dealkylation sites (tertiary alicyclic amines) is 1. The fraction of sp³-hybridized carbons (Fsp3) is 0.400. The van der Waals surface area contributed by atoms with Crippen molar-refractivity contribution in [2.45, 2.75) is 25.8 Å². The molecule has 0 amide bonds. The van der Waals surface area contributed by atoms with Crippen LogP contribution in [0.1, 0.15) is 34.0 Å². The summed E-state index contributed by atoms with van der Waals surface area (Å²) in [5, 5.41) is 0.656. The average Bonchev–Trinajstić information content (AvgIpc) is 2.55. The number of fused-ring (bicyclic) bond motifs is 4. The zero-order chi connectivity index (χ0) is 17.6. The van der Waals surface area contributed by atoms with E-state index in [1.807, 2.05) is 29.7 Å². The van der Waals surface area contributed by atoms with Gasteiger partial charge in [-0.3, -0.25) is 14.5 Å². The molecule has 1 aromatic heterocycles. The minimum atomic E-state index is 0.0912. The molecule has 130 valence electrons. The van der Waals surface area contributed by atoms with Crippen molar-refractivity contribution in [1.82, 2.24) is 9.47 Å². The third-order valence-electron chi connectivity index (χ3n) is 5.41. The van der Waals surface area contributed by atoms with Gasteiger partial charge in [0.05, 0.1) is 6.54 Å². The first-order chi connectivity index (χ1) is 12.0. The lowest BCUT2D eigenvalue weighted by Crippen LogP contribution is -2.48. The number of aryl methyl sites for hydroxylation is 1. The van der Waals surface area contributed by atoms with Crippen molar-refractivity contribution in [3.05, 3.63) is 68.6 Å². The van der Waals surface area contributed by atoms with Gasteiger partial charge in [0.25, 0.3) is 5.56 Å². The summed E-state index contributed by atoms with van der Waals surface area (Å²) >= 11 is 5.99. The molecule has 2 bridgehead atoms. The largest absolute Gasteiger partial charge is 0.312 e. The quantitative estimate of drug-likeness (QED) is 0.793. The Balaban J connectivity index is 1.53. The van der Waals surface area contributed by atoms with Gasteiger partial charge in [0.2, 0.25) is 0 Å². The monoisotopic (exact) mass is 356 g/mol. The predicted octanol–water partition coefficient (Wildman–Crippen LogP) is 3.11. The smallest absolute Gasteiger partial charge is 0.250 e. The van der Waals surface area contributed by atoms with E-state index >= 15 is 0 Å². The topological polar surface area (TPSA) is 42.3 Å². The number of nitrogens with zero attached hydrogens (tertiary/aromatic N) is 2. The molecule has 5 heteroatoms. The van der Waals surface area contributed by atoms with Crippen molar-refractivity contribution in [2.24, 2.45) is 5.92 Å². The maximum Gasteiger partial charge on any atom is 0.250 e. The highest BCUT2D eigenvalue weighted by molar-refractivity contribution is 6.30. The molecule has 3 heterocycles. The summed E-state index contributed by atoms with van der Waals surface area (Å²) in [5.74, 6) is 0.908. The summed E-state index contributed by atoms with van der Waals surface area (Å²) < 4.78 is 1.92. The lowest BCUT2D eigenvalue weighted by molar-refractivity contribution is 0.0817. The first-order valence-corrected chi connectivity index (χ1v) is 9.10. The Hall–Kier alpha value is -1.91. The number of hydrogen-bond acceptors (Lipinski definition) is 3. The number of ketones is 1. The molecule has 0 N–H and O–H groups in total. The fourth-order valence-corrected chi connectivity index (χ4v) is 4.58. The van der Waals surface area contributed by atoms with Crippen molar-refractivity contribution < 1.29 is 4.79 Å². The van der Waals surface area contributed by atoms with Gasteiger partial charge < -0.3 is 4.57 Å². The molecule has 0 radical (unpaired) electrons. The lowest BCUT2D eigenvalue weighted by atomic mass is 9.83. The summed E-state index contributed by atoms with van der Waals surface area (Å²) in [6.45, 7) is 4.81. The van der Waals surface area contributed by atoms with Crippen LogP contribution in [-0.2, 0) is 6.54 Å². The van der Waals surface area contributed by atoms with Crippen LogP contribution >= 0.6 is 11.6 Å². The zero-order valence-corrected chi connectivity index (χ0v) is 15.0. The molecular formula is C20H21ClN2O2. The number of hydrogen-bond donors (Lipinski definition) is 0. The Labute approximate surface area is 152 Å². The molecule has 2 unspecified atom stereocenters. The van der Waals surface area contributed by atoms with Gasteiger partial charge in [-0.1, -0.05) is 17.7 Å². The van der Waals surface area contributed by atoms with Crippen molar-refractivity contribution in [3.63, 3.8) is 0 Å². The zero-order valence-electron chi connectivity index (χ0n) is 14.2. The van der Waals surface area contributed by atoms with Crippen LogP contribution < -0.4 is 5.56 Å². The van der Waals surface area contributed by atoms with Gasteiger partial charge in [-0.2, -0.15) is 0 Å². The van der Waals surface area contributed by atoms with E-state index in [0.717, 1.165) is 42.9 Å². The maximum absolute atomic E-state index is 12.7. The number of aromatic nitrogens is 1. The minimum Gasteiger partial charge on any atom is -0.312 e. The van der Waals surface area contributed by atoms with Gasteiger partial charge >= 0.3 is 0 Å². The molecule has 0 aliphatic carbocycles. The molecule has 1 saturated heterocycles. The summed E-state index contributed by atoms with van der Waals surface area (Å²) in [6, 6.07) is 11.0. The van der Waals surface area contributed by atoms with E-state index in [-0.39, 0.29) is 11.3 Å². The van der Waals surface area contributed by atoms with Crippen molar-refractivity contribution in [2.75, 3.05) is 19.6 Å². The van der Waals surface area contributed by atoms with E-state index in [0.29, 0.717) is 23.4 Å². The molecule has 25 heavy (non-hydrogen) atoms.